The van der Waals surface area contributed by atoms with E-state index in [9.17, 15) is 5.11 Å². The van der Waals surface area contributed by atoms with Crippen molar-refractivity contribution in [2.75, 3.05) is 0 Å². The summed E-state index contributed by atoms with van der Waals surface area (Å²) in [6, 6.07) is 15.1. The van der Waals surface area contributed by atoms with E-state index in [1.807, 2.05) is 56.3 Å². The van der Waals surface area contributed by atoms with Crippen molar-refractivity contribution in [1.29, 1.82) is 0 Å². The van der Waals surface area contributed by atoms with Gasteiger partial charge in [-0.05, 0) is 68.7 Å². The molecule has 6 rings (SSSR count). The average Bonchev–Trinajstić information content (AvgIpc) is 3.53. The molecule has 172 valence electrons. The van der Waals surface area contributed by atoms with Crippen LogP contribution in [0.25, 0.3) is 22.2 Å². The number of H-pyrrole nitrogens is 1. The van der Waals surface area contributed by atoms with Crippen molar-refractivity contribution in [2.24, 2.45) is 0 Å². The Morgan fingerprint density at radius 3 is 2.21 bits per heavy atom. The van der Waals surface area contributed by atoms with Gasteiger partial charge in [-0.25, -0.2) is 4.98 Å². The number of aliphatic hydroxyl groups is 1. The highest BCUT2D eigenvalue weighted by atomic mass is 16.5. The smallest absolute Gasteiger partial charge is 0.176 e. The molecule has 7 heteroatoms. The van der Waals surface area contributed by atoms with Gasteiger partial charge in [0.15, 0.2) is 5.60 Å². The molecular weight excluding hydrogens is 426 g/mol. The highest BCUT2D eigenvalue weighted by Gasteiger charge is 2.40. The SMILES string of the molecule is C.Cc1noc(C)c1-c1cc(C(O)(c2ccccn2)c2ccccn2)c2nc(C3CC3)[nH]c2c1. The van der Waals surface area contributed by atoms with Gasteiger partial charge >= 0.3 is 0 Å². The molecule has 7 nitrogen and oxygen atoms in total. The van der Waals surface area contributed by atoms with Gasteiger partial charge in [-0.3, -0.25) is 9.97 Å². The maximum Gasteiger partial charge on any atom is 0.176 e. The van der Waals surface area contributed by atoms with Gasteiger partial charge < -0.3 is 14.6 Å². The molecule has 1 aliphatic carbocycles. The zero-order valence-corrected chi connectivity index (χ0v) is 18.4. The second-order valence-corrected chi connectivity index (χ2v) is 8.66. The molecule has 0 aliphatic heterocycles. The van der Waals surface area contributed by atoms with Crippen molar-refractivity contribution < 1.29 is 9.63 Å². The average molecular weight is 454 g/mol. The fraction of sp³-hybridized carbons (Fsp3) is 0.259. The van der Waals surface area contributed by atoms with E-state index in [-0.39, 0.29) is 7.43 Å². The quantitative estimate of drug-likeness (QED) is 0.368. The van der Waals surface area contributed by atoms with Crippen molar-refractivity contribution >= 4 is 11.0 Å². The number of aromatic nitrogens is 5. The zero-order valence-electron chi connectivity index (χ0n) is 18.4. The molecule has 2 N–H and O–H groups in total. The summed E-state index contributed by atoms with van der Waals surface area (Å²) < 4.78 is 5.45. The summed E-state index contributed by atoms with van der Waals surface area (Å²) in [7, 11) is 0. The fourth-order valence-electron chi connectivity index (χ4n) is 4.56. The molecule has 0 atom stereocenters. The Labute approximate surface area is 197 Å². The van der Waals surface area contributed by atoms with E-state index in [1.165, 1.54) is 0 Å². The first-order chi connectivity index (χ1) is 16.1. The highest BCUT2D eigenvalue weighted by Crippen LogP contribution is 2.44. The minimum Gasteiger partial charge on any atom is -0.373 e. The van der Waals surface area contributed by atoms with Gasteiger partial charge in [0, 0.05) is 29.4 Å². The first-order valence-corrected chi connectivity index (χ1v) is 11.1. The van der Waals surface area contributed by atoms with Gasteiger partial charge in [-0.2, -0.15) is 0 Å². The van der Waals surface area contributed by atoms with Crippen LogP contribution in [0.15, 0.2) is 65.4 Å². The van der Waals surface area contributed by atoms with E-state index in [0.717, 1.165) is 46.8 Å². The Hall–Kier alpha value is -3.84. The normalized spacial score (nSPS) is 13.7. The standard InChI is InChI=1S/C26H23N5O2.CH4/c1-15-23(16(2)33-31-15)18-13-19(24-20(14-18)29-25(30-24)17-9-10-17)26(32,21-7-3-5-11-27-21)22-8-4-6-12-28-22;/h3-8,11-14,17,32H,9-10H2,1-2H3,(H,29,30);1H4. The van der Waals surface area contributed by atoms with Crippen LogP contribution >= 0.6 is 0 Å². The van der Waals surface area contributed by atoms with Crippen molar-refractivity contribution in [2.45, 2.75) is 45.6 Å². The minimum absolute atomic E-state index is 0. The van der Waals surface area contributed by atoms with E-state index >= 15 is 0 Å². The lowest BCUT2D eigenvalue weighted by atomic mass is 9.83. The Kier molecular flexibility index (Phi) is 5.29. The maximum absolute atomic E-state index is 12.4. The Morgan fingerprint density at radius 1 is 1.00 bits per heavy atom. The number of fused-ring (bicyclic) bond motifs is 1. The van der Waals surface area contributed by atoms with Crippen LogP contribution in [0.4, 0.5) is 0 Å². The van der Waals surface area contributed by atoms with Crippen molar-refractivity contribution in [1.82, 2.24) is 25.1 Å². The van der Waals surface area contributed by atoms with Crippen LogP contribution in [-0.4, -0.2) is 30.2 Å². The van der Waals surface area contributed by atoms with Crippen molar-refractivity contribution in [3.8, 4) is 11.1 Å². The summed E-state index contributed by atoms with van der Waals surface area (Å²) in [5.74, 6) is 2.11. The summed E-state index contributed by atoms with van der Waals surface area (Å²) >= 11 is 0. The molecule has 0 unspecified atom stereocenters. The number of nitrogens with one attached hydrogen (secondary N) is 1. The summed E-state index contributed by atoms with van der Waals surface area (Å²) in [5.41, 5.74) is 4.14. The number of imidazole rings is 1. The van der Waals surface area contributed by atoms with Crippen LogP contribution < -0.4 is 0 Å². The lowest BCUT2D eigenvalue weighted by Crippen LogP contribution is -2.31. The monoisotopic (exact) mass is 453 g/mol. The first kappa shape index (κ1) is 22.0. The summed E-state index contributed by atoms with van der Waals surface area (Å²) in [4.78, 5) is 17.5. The van der Waals surface area contributed by atoms with Gasteiger partial charge in [0.2, 0.25) is 0 Å². The number of aryl methyl sites for hydroxylation is 2. The maximum atomic E-state index is 12.4. The van der Waals surface area contributed by atoms with Crippen molar-refractivity contribution in [3.05, 3.63) is 95.2 Å². The number of aromatic amines is 1. The number of hydrogen-bond acceptors (Lipinski definition) is 6. The number of benzene rings is 1. The molecule has 0 bridgehead atoms. The third kappa shape index (κ3) is 3.40. The summed E-state index contributed by atoms with van der Waals surface area (Å²) in [6.45, 7) is 3.81. The Balaban J connectivity index is 0.00000241. The van der Waals surface area contributed by atoms with Crippen LogP contribution in [-0.2, 0) is 5.60 Å². The predicted octanol–water partition coefficient (Wildman–Crippen LogP) is 5.42. The minimum atomic E-state index is -1.61. The van der Waals surface area contributed by atoms with E-state index in [0.29, 0.717) is 28.4 Å². The van der Waals surface area contributed by atoms with E-state index in [4.69, 9.17) is 9.51 Å². The van der Waals surface area contributed by atoms with Crippen LogP contribution in [0.1, 0.15) is 60.4 Å². The largest absolute Gasteiger partial charge is 0.373 e. The van der Waals surface area contributed by atoms with Crippen molar-refractivity contribution in [3.63, 3.8) is 0 Å². The third-order valence-electron chi connectivity index (χ3n) is 6.35. The second-order valence-electron chi connectivity index (χ2n) is 8.66. The molecule has 4 heterocycles. The summed E-state index contributed by atoms with van der Waals surface area (Å²) in [6.07, 6.45) is 5.60. The van der Waals surface area contributed by atoms with Crippen LogP contribution in [0.3, 0.4) is 0 Å². The van der Waals surface area contributed by atoms with Gasteiger partial charge in [-0.1, -0.05) is 24.7 Å². The summed E-state index contributed by atoms with van der Waals surface area (Å²) in [5, 5.41) is 16.6. The van der Waals surface area contributed by atoms with E-state index < -0.39 is 5.60 Å². The molecule has 5 aromatic rings. The number of rotatable bonds is 5. The predicted molar refractivity (Wildman–Crippen MR) is 130 cm³/mol. The molecular formula is C27H27N5O2. The molecule has 0 amide bonds. The molecule has 1 aromatic carbocycles. The highest BCUT2D eigenvalue weighted by molar-refractivity contribution is 5.88. The van der Waals surface area contributed by atoms with Crippen LogP contribution in [0.5, 0.6) is 0 Å². The Bertz CT molecular complexity index is 1390. The number of nitrogens with zero attached hydrogens (tertiary/aromatic N) is 4. The third-order valence-corrected chi connectivity index (χ3v) is 6.35. The lowest BCUT2D eigenvalue weighted by Gasteiger charge is -2.28. The van der Waals surface area contributed by atoms with Gasteiger partial charge in [0.25, 0.3) is 0 Å². The Morgan fingerprint density at radius 2 is 1.68 bits per heavy atom. The molecule has 1 fully saturated rings. The fourth-order valence-corrected chi connectivity index (χ4v) is 4.56. The van der Waals surface area contributed by atoms with Gasteiger partial charge in [0.1, 0.15) is 11.6 Å². The molecule has 0 spiro atoms. The van der Waals surface area contributed by atoms with E-state index in [2.05, 4.69) is 26.2 Å². The second kappa shape index (κ2) is 8.18. The molecule has 4 aromatic heterocycles. The first-order valence-electron chi connectivity index (χ1n) is 11.1. The number of hydrogen-bond donors (Lipinski definition) is 2. The molecule has 34 heavy (non-hydrogen) atoms. The zero-order chi connectivity index (χ0) is 22.6. The molecule has 0 saturated heterocycles. The van der Waals surface area contributed by atoms with E-state index in [1.54, 1.807) is 12.4 Å². The van der Waals surface area contributed by atoms with Crippen LogP contribution in [0, 0.1) is 13.8 Å². The molecule has 1 saturated carbocycles. The molecule has 1 aliphatic rings. The van der Waals surface area contributed by atoms with Gasteiger partial charge in [-0.15, -0.1) is 0 Å². The number of pyridine rings is 2. The molecule has 0 radical (unpaired) electrons. The topological polar surface area (TPSA) is 101 Å². The lowest BCUT2D eigenvalue weighted by molar-refractivity contribution is 0.117. The van der Waals surface area contributed by atoms with Crippen LogP contribution in [0.2, 0.25) is 0 Å². The van der Waals surface area contributed by atoms with Gasteiger partial charge in [0.05, 0.1) is 28.1 Å².